The van der Waals surface area contributed by atoms with E-state index < -0.39 is 11.5 Å². The third-order valence-electron chi connectivity index (χ3n) is 3.25. The molecule has 2 saturated carbocycles. The molecule has 0 saturated heterocycles. The van der Waals surface area contributed by atoms with Gasteiger partial charge in [-0.25, -0.2) is 9.59 Å². The van der Waals surface area contributed by atoms with Gasteiger partial charge in [-0.05, 0) is 31.6 Å². The molecular weight excluding hydrogens is 220 g/mol. The predicted molar refractivity (Wildman–Crippen MR) is 61.3 cm³/mol. The molecule has 0 bridgehead atoms. The van der Waals surface area contributed by atoms with Gasteiger partial charge in [0.25, 0.3) is 0 Å². The summed E-state index contributed by atoms with van der Waals surface area (Å²) in [7, 11) is 0. The molecule has 0 atom stereocenters. The standard InChI is InChI=1S/C12H16N2O3/c1-2-7-14(8-9-3-4-9)11(17)13-12(5-6-12)10(15)16/h1,9H,3-8H2,(H,13,17)(H,15,16). The molecule has 92 valence electrons. The van der Waals surface area contributed by atoms with Crippen LogP contribution < -0.4 is 5.32 Å². The Morgan fingerprint density at radius 2 is 2.12 bits per heavy atom. The molecule has 2 N–H and O–H groups in total. The molecule has 2 fully saturated rings. The third-order valence-corrected chi connectivity index (χ3v) is 3.25. The van der Waals surface area contributed by atoms with Gasteiger partial charge in [0.15, 0.2) is 0 Å². The Balaban J connectivity index is 1.91. The normalized spacial score (nSPS) is 20.2. The molecule has 17 heavy (non-hydrogen) atoms. The number of carbonyl (C=O) groups is 2. The van der Waals surface area contributed by atoms with Gasteiger partial charge in [-0.1, -0.05) is 5.92 Å². The average Bonchev–Trinajstić information content (AvgIpc) is 3.11. The highest BCUT2D eigenvalue weighted by molar-refractivity contribution is 5.89. The first-order valence-electron chi connectivity index (χ1n) is 5.81. The van der Waals surface area contributed by atoms with Crippen LogP contribution in [-0.4, -0.2) is 40.6 Å². The fourth-order valence-corrected chi connectivity index (χ4v) is 1.74. The first-order valence-corrected chi connectivity index (χ1v) is 5.81. The van der Waals surface area contributed by atoms with Crippen molar-refractivity contribution in [2.75, 3.05) is 13.1 Å². The highest BCUT2D eigenvalue weighted by Crippen LogP contribution is 2.36. The first-order chi connectivity index (χ1) is 8.07. The maximum atomic E-state index is 11.9. The van der Waals surface area contributed by atoms with E-state index in [1.807, 2.05) is 0 Å². The van der Waals surface area contributed by atoms with Crippen molar-refractivity contribution in [2.45, 2.75) is 31.2 Å². The van der Waals surface area contributed by atoms with Crippen molar-refractivity contribution in [1.29, 1.82) is 0 Å². The fraction of sp³-hybridized carbons (Fsp3) is 0.667. The second kappa shape index (κ2) is 4.28. The summed E-state index contributed by atoms with van der Waals surface area (Å²) >= 11 is 0. The molecule has 0 heterocycles. The van der Waals surface area contributed by atoms with Gasteiger partial charge in [-0.3, -0.25) is 0 Å². The zero-order valence-electron chi connectivity index (χ0n) is 9.61. The van der Waals surface area contributed by atoms with Crippen molar-refractivity contribution in [3.8, 4) is 12.3 Å². The van der Waals surface area contributed by atoms with E-state index >= 15 is 0 Å². The van der Waals surface area contributed by atoms with Crippen molar-refractivity contribution in [3.63, 3.8) is 0 Å². The Morgan fingerprint density at radius 3 is 2.53 bits per heavy atom. The van der Waals surface area contributed by atoms with E-state index in [1.165, 1.54) is 4.90 Å². The van der Waals surface area contributed by atoms with Crippen LogP contribution in [-0.2, 0) is 4.79 Å². The maximum Gasteiger partial charge on any atom is 0.329 e. The number of nitrogens with zero attached hydrogens (tertiary/aromatic N) is 1. The van der Waals surface area contributed by atoms with Gasteiger partial charge < -0.3 is 15.3 Å². The molecule has 0 spiro atoms. The van der Waals surface area contributed by atoms with Gasteiger partial charge in [0.1, 0.15) is 5.54 Å². The van der Waals surface area contributed by atoms with Crippen LogP contribution >= 0.6 is 0 Å². The summed E-state index contributed by atoms with van der Waals surface area (Å²) in [5.41, 5.74) is -1.03. The van der Waals surface area contributed by atoms with Crippen LogP contribution in [0.4, 0.5) is 4.79 Å². The van der Waals surface area contributed by atoms with E-state index in [0.717, 1.165) is 12.8 Å². The van der Waals surface area contributed by atoms with Crippen molar-refractivity contribution in [2.24, 2.45) is 5.92 Å². The number of carboxylic acid groups (broad SMARTS) is 1. The number of aliphatic carboxylic acids is 1. The summed E-state index contributed by atoms with van der Waals surface area (Å²) in [4.78, 5) is 24.4. The van der Waals surface area contributed by atoms with E-state index in [1.54, 1.807) is 0 Å². The Morgan fingerprint density at radius 1 is 1.47 bits per heavy atom. The molecule has 2 amide bonds. The quantitative estimate of drug-likeness (QED) is 0.689. The Labute approximate surface area is 100 Å². The zero-order valence-corrected chi connectivity index (χ0v) is 9.61. The molecule has 0 radical (unpaired) electrons. The lowest BCUT2D eigenvalue weighted by Gasteiger charge is -2.23. The van der Waals surface area contributed by atoms with Crippen LogP contribution in [0.5, 0.6) is 0 Å². The Kier molecular flexibility index (Phi) is 2.97. The number of carboxylic acids is 1. The smallest absolute Gasteiger partial charge is 0.329 e. The number of amides is 2. The lowest BCUT2D eigenvalue weighted by atomic mass is 10.3. The number of carbonyl (C=O) groups excluding carboxylic acids is 1. The van der Waals surface area contributed by atoms with Crippen LogP contribution in [0, 0.1) is 18.3 Å². The Bertz CT molecular complexity index is 378. The van der Waals surface area contributed by atoms with Crippen molar-refractivity contribution < 1.29 is 14.7 Å². The van der Waals surface area contributed by atoms with Crippen LogP contribution in [0.3, 0.4) is 0 Å². The van der Waals surface area contributed by atoms with E-state index in [0.29, 0.717) is 25.3 Å². The summed E-state index contributed by atoms with van der Waals surface area (Å²) in [6.07, 6.45) is 8.46. The fourth-order valence-electron chi connectivity index (χ4n) is 1.74. The summed E-state index contributed by atoms with van der Waals surface area (Å²) < 4.78 is 0. The zero-order chi connectivity index (χ0) is 12.5. The number of urea groups is 1. The second-order valence-corrected chi connectivity index (χ2v) is 4.85. The highest BCUT2D eigenvalue weighted by atomic mass is 16.4. The third kappa shape index (κ3) is 2.70. The summed E-state index contributed by atoms with van der Waals surface area (Å²) in [6.45, 7) is 0.865. The van der Waals surface area contributed by atoms with Crippen molar-refractivity contribution in [3.05, 3.63) is 0 Å². The minimum atomic E-state index is -1.03. The molecule has 0 aromatic carbocycles. The van der Waals surface area contributed by atoms with E-state index in [-0.39, 0.29) is 12.6 Å². The highest BCUT2D eigenvalue weighted by Gasteiger charge is 2.52. The van der Waals surface area contributed by atoms with Gasteiger partial charge in [0.2, 0.25) is 0 Å². The van der Waals surface area contributed by atoms with E-state index in [9.17, 15) is 9.59 Å². The van der Waals surface area contributed by atoms with Gasteiger partial charge in [0.05, 0.1) is 6.54 Å². The number of nitrogens with one attached hydrogen (secondary N) is 1. The molecule has 5 nitrogen and oxygen atoms in total. The van der Waals surface area contributed by atoms with Gasteiger partial charge in [-0.2, -0.15) is 0 Å². The molecule has 0 unspecified atom stereocenters. The average molecular weight is 236 g/mol. The molecule has 5 heteroatoms. The number of terminal acetylenes is 1. The molecule has 2 aliphatic rings. The summed E-state index contributed by atoms with van der Waals surface area (Å²) in [6, 6.07) is -0.352. The lowest BCUT2D eigenvalue weighted by Crippen LogP contribution is -2.50. The van der Waals surface area contributed by atoms with Crippen LogP contribution in [0.2, 0.25) is 0 Å². The minimum Gasteiger partial charge on any atom is -0.480 e. The first kappa shape index (κ1) is 11.8. The molecule has 0 aromatic heterocycles. The second-order valence-electron chi connectivity index (χ2n) is 4.85. The summed E-state index contributed by atoms with van der Waals surface area (Å²) in [5.74, 6) is 2.01. The van der Waals surface area contributed by atoms with Crippen molar-refractivity contribution in [1.82, 2.24) is 10.2 Å². The van der Waals surface area contributed by atoms with Gasteiger partial charge in [0, 0.05) is 6.54 Å². The van der Waals surface area contributed by atoms with E-state index in [4.69, 9.17) is 11.5 Å². The number of rotatable bonds is 5. The maximum absolute atomic E-state index is 11.9. The van der Waals surface area contributed by atoms with Gasteiger partial charge in [-0.15, -0.1) is 6.42 Å². The summed E-state index contributed by atoms with van der Waals surface area (Å²) in [5, 5.41) is 11.6. The predicted octanol–water partition coefficient (Wildman–Crippen LogP) is 0.658. The molecule has 0 aliphatic heterocycles. The van der Waals surface area contributed by atoms with E-state index in [2.05, 4.69) is 11.2 Å². The number of hydrogen-bond acceptors (Lipinski definition) is 2. The SMILES string of the molecule is C#CCN(CC1CC1)C(=O)NC1(C(=O)O)CC1. The van der Waals surface area contributed by atoms with Crippen LogP contribution in [0.25, 0.3) is 0 Å². The number of hydrogen-bond donors (Lipinski definition) is 2. The molecular formula is C12H16N2O3. The largest absolute Gasteiger partial charge is 0.480 e. The molecule has 0 aromatic rings. The van der Waals surface area contributed by atoms with Crippen LogP contribution in [0.15, 0.2) is 0 Å². The van der Waals surface area contributed by atoms with Crippen LogP contribution in [0.1, 0.15) is 25.7 Å². The van der Waals surface area contributed by atoms with Gasteiger partial charge >= 0.3 is 12.0 Å². The topological polar surface area (TPSA) is 69.6 Å². The molecule has 2 rings (SSSR count). The molecule has 2 aliphatic carbocycles. The lowest BCUT2D eigenvalue weighted by molar-refractivity contribution is -0.140. The van der Waals surface area contributed by atoms with Crippen molar-refractivity contribution >= 4 is 12.0 Å². The minimum absolute atomic E-state index is 0.234. The Hall–Kier alpha value is -1.70. The monoisotopic (exact) mass is 236 g/mol.